The molecule has 1 amide bonds. The molecule has 0 aliphatic rings. The number of nitrogens with one attached hydrogen (secondary N) is 1. The number of carbonyl (C=O) groups excluding carboxylic acids is 1. The maximum atomic E-state index is 12.9. The lowest BCUT2D eigenvalue weighted by Gasteiger charge is -2.19. The van der Waals surface area contributed by atoms with Crippen molar-refractivity contribution in [1.82, 2.24) is 4.31 Å². The Balaban J connectivity index is 2.22. The van der Waals surface area contributed by atoms with Crippen LogP contribution in [0.5, 0.6) is 11.5 Å². The van der Waals surface area contributed by atoms with Crippen molar-refractivity contribution >= 4 is 33.2 Å². The van der Waals surface area contributed by atoms with Crippen LogP contribution in [0.25, 0.3) is 0 Å². The van der Waals surface area contributed by atoms with Crippen LogP contribution in [0.3, 0.4) is 0 Å². The Morgan fingerprint density at radius 3 is 2.50 bits per heavy atom. The number of anilines is 1. The summed E-state index contributed by atoms with van der Waals surface area (Å²) in [5.41, 5.74) is 1.40. The zero-order valence-electron chi connectivity index (χ0n) is 16.2. The maximum Gasteiger partial charge on any atom is 0.247 e. The van der Waals surface area contributed by atoms with E-state index in [1.807, 2.05) is 13.0 Å². The lowest BCUT2D eigenvalue weighted by atomic mass is 10.2. The van der Waals surface area contributed by atoms with Crippen LogP contribution in [-0.2, 0) is 14.8 Å². The van der Waals surface area contributed by atoms with Crippen molar-refractivity contribution in [3.05, 3.63) is 47.0 Å². The Kier molecular flexibility index (Phi) is 7.29. The third kappa shape index (κ3) is 5.15. The van der Waals surface area contributed by atoms with Crippen LogP contribution >= 0.6 is 11.6 Å². The molecule has 2 rings (SSSR count). The number of rotatable bonds is 8. The molecule has 0 saturated carbocycles. The van der Waals surface area contributed by atoms with E-state index < -0.39 is 22.5 Å². The largest absolute Gasteiger partial charge is 0.495 e. The fourth-order valence-electron chi connectivity index (χ4n) is 2.52. The van der Waals surface area contributed by atoms with E-state index in [2.05, 4.69) is 5.32 Å². The molecule has 0 fully saturated rings. The van der Waals surface area contributed by atoms with Gasteiger partial charge in [0.25, 0.3) is 0 Å². The number of methoxy groups -OCH3 is 1. The minimum atomic E-state index is -3.99. The third-order valence-electron chi connectivity index (χ3n) is 3.89. The van der Waals surface area contributed by atoms with Gasteiger partial charge in [0.15, 0.2) is 0 Å². The molecule has 0 unspecified atom stereocenters. The highest BCUT2D eigenvalue weighted by Gasteiger charge is 2.27. The molecule has 2 aromatic carbocycles. The van der Waals surface area contributed by atoms with Crippen molar-refractivity contribution in [1.29, 1.82) is 0 Å². The summed E-state index contributed by atoms with van der Waals surface area (Å²) in [5, 5.41) is 2.93. The van der Waals surface area contributed by atoms with Crippen molar-refractivity contribution < 1.29 is 22.7 Å². The second-order valence-electron chi connectivity index (χ2n) is 6.04. The van der Waals surface area contributed by atoms with E-state index in [9.17, 15) is 13.2 Å². The topological polar surface area (TPSA) is 84.9 Å². The fraction of sp³-hybridized carbons (Fsp3) is 0.316. The van der Waals surface area contributed by atoms with Gasteiger partial charge in [-0.15, -0.1) is 0 Å². The van der Waals surface area contributed by atoms with Gasteiger partial charge >= 0.3 is 0 Å². The maximum absolute atomic E-state index is 12.9. The van der Waals surface area contributed by atoms with E-state index in [4.69, 9.17) is 21.1 Å². The molecule has 28 heavy (non-hydrogen) atoms. The highest BCUT2D eigenvalue weighted by atomic mass is 35.5. The zero-order valence-corrected chi connectivity index (χ0v) is 17.7. The summed E-state index contributed by atoms with van der Waals surface area (Å²) in [4.78, 5) is 12.3. The van der Waals surface area contributed by atoms with Gasteiger partial charge in [-0.2, -0.15) is 4.31 Å². The molecular formula is C19H23ClN2O5S. The Morgan fingerprint density at radius 1 is 1.18 bits per heavy atom. The lowest BCUT2D eigenvalue weighted by Crippen LogP contribution is -2.35. The average Bonchev–Trinajstić information content (AvgIpc) is 2.63. The first-order chi connectivity index (χ1) is 13.2. The number of carbonyl (C=O) groups is 1. The molecule has 9 heteroatoms. The summed E-state index contributed by atoms with van der Waals surface area (Å²) in [6.07, 6.45) is 0. The molecule has 1 N–H and O–H groups in total. The van der Waals surface area contributed by atoms with Gasteiger partial charge in [0, 0.05) is 12.1 Å². The van der Waals surface area contributed by atoms with Crippen molar-refractivity contribution in [2.24, 2.45) is 0 Å². The summed E-state index contributed by atoms with van der Waals surface area (Å²) < 4.78 is 37.4. The number of hydrogen-bond acceptors (Lipinski definition) is 5. The highest BCUT2D eigenvalue weighted by Crippen LogP contribution is 2.30. The summed E-state index contributed by atoms with van der Waals surface area (Å²) in [5.74, 6) is 0.160. The van der Waals surface area contributed by atoms with Gasteiger partial charge in [0.05, 0.1) is 25.9 Å². The van der Waals surface area contributed by atoms with Crippen molar-refractivity contribution in [3.63, 3.8) is 0 Å². The van der Waals surface area contributed by atoms with Crippen LogP contribution in [0.4, 0.5) is 5.69 Å². The van der Waals surface area contributed by atoms with E-state index >= 15 is 0 Å². The zero-order chi connectivity index (χ0) is 20.9. The summed E-state index contributed by atoms with van der Waals surface area (Å²) in [7, 11) is -1.18. The quantitative estimate of drug-likeness (QED) is 0.699. The smallest absolute Gasteiger partial charge is 0.247 e. The molecule has 0 aromatic heterocycles. The van der Waals surface area contributed by atoms with Crippen LogP contribution in [0, 0.1) is 6.92 Å². The van der Waals surface area contributed by atoms with Crippen LogP contribution in [-0.4, -0.2) is 45.9 Å². The van der Waals surface area contributed by atoms with Gasteiger partial charge in [0.1, 0.15) is 16.4 Å². The second kappa shape index (κ2) is 9.27. The summed E-state index contributed by atoms with van der Waals surface area (Å²) in [6, 6.07) is 9.66. The number of halogens is 1. The van der Waals surface area contributed by atoms with Gasteiger partial charge in [0.2, 0.25) is 15.9 Å². The monoisotopic (exact) mass is 426 g/mol. The number of ether oxygens (including phenoxy) is 2. The van der Waals surface area contributed by atoms with E-state index in [0.29, 0.717) is 18.0 Å². The van der Waals surface area contributed by atoms with Gasteiger partial charge in [-0.05, 0) is 49.7 Å². The molecule has 0 radical (unpaired) electrons. The van der Waals surface area contributed by atoms with Crippen molar-refractivity contribution in [2.45, 2.75) is 18.7 Å². The first-order valence-electron chi connectivity index (χ1n) is 8.52. The number of hydrogen-bond donors (Lipinski definition) is 1. The van der Waals surface area contributed by atoms with E-state index in [0.717, 1.165) is 9.87 Å². The summed E-state index contributed by atoms with van der Waals surface area (Å²) in [6.45, 7) is 3.52. The molecule has 0 bridgehead atoms. The molecule has 7 nitrogen and oxygen atoms in total. The van der Waals surface area contributed by atoms with Crippen molar-refractivity contribution in [2.75, 3.05) is 32.6 Å². The minimum Gasteiger partial charge on any atom is -0.495 e. The minimum absolute atomic E-state index is 0.0923. The van der Waals surface area contributed by atoms with Gasteiger partial charge in [-0.1, -0.05) is 17.7 Å². The number of sulfonamides is 1. The molecule has 0 aliphatic heterocycles. The van der Waals surface area contributed by atoms with Crippen LogP contribution in [0.15, 0.2) is 41.3 Å². The molecule has 152 valence electrons. The number of nitrogens with zero attached hydrogens (tertiary/aromatic N) is 1. The second-order valence-corrected chi connectivity index (χ2v) is 8.49. The number of benzene rings is 2. The van der Waals surface area contributed by atoms with Crippen LogP contribution < -0.4 is 14.8 Å². The SMILES string of the molecule is CCOc1ccc(Cl)cc1S(=O)(=O)N(C)CC(=O)Nc1cc(C)ccc1OC. The van der Waals surface area contributed by atoms with Gasteiger partial charge in [-0.25, -0.2) is 8.42 Å². The Labute approximate surface area is 170 Å². The summed E-state index contributed by atoms with van der Waals surface area (Å²) >= 11 is 5.96. The van der Waals surface area contributed by atoms with E-state index in [1.165, 1.54) is 26.3 Å². The molecule has 0 aliphatic carbocycles. The number of likely N-dealkylation sites (N-methyl/N-ethyl adjacent to an activating group) is 1. The number of aryl methyl sites for hydroxylation is 1. The van der Waals surface area contributed by atoms with Crippen LogP contribution in [0.2, 0.25) is 5.02 Å². The first-order valence-corrected chi connectivity index (χ1v) is 10.3. The molecule has 0 spiro atoms. The Bertz CT molecular complexity index is 963. The standard InChI is InChI=1S/C19H23ClN2O5S/c1-5-27-17-9-7-14(20)11-18(17)28(24,25)22(3)12-19(23)21-15-10-13(2)6-8-16(15)26-4/h6-11H,5,12H2,1-4H3,(H,21,23). The molecule has 0 heterocycles. The Morgan fingerprint density at radius 2 is 1.86 bits per heavy atom. The molecular weight excluding hydrogens is 404 g/mol. The highest BCUT2D eigenvalue weighted by molar-refractivity contribution is 7.89. The van der Waals surface area contributed by atoms with Gasteiger partial charge < -0.3 is 14.8 Å². The average molecular weight is 427 g/mol. The van der Waals surface area contributed by atoms with Gasteiger partial charge in [-0.3, -0.25) is 4.79 Å². The molecule has 0 atom stereocenters. The molecule has 0 saturated heterocycles. The predicted molar refractivity (Wildman–Crippen MR) is 109 cm³/mol. The fourth-order valence-corrected chi connectivity index (χ4v) is 4.04. The normalized spacial score (nSPS) is 11.4. The van der Waals surface area contributed by atoms with E-state index in [-0.39, 0.29) is 15.7 Å². The first kappa shape index (κ1) is 22.0. The van der Waals surface area contributed by atoms with E-state index in [1.54, 1.807) is 25.1 Å². The number of amides is 1. The predicted octanol–water partition coefficient (Wildman–Crippen LogP) is 3.31. The lowest BCUT2D eigenvalue weighted by molar-refractivity contribution is -0.116. The Hall–Kier alpha value is -2.29. The third-order valence-corrected chi connectivity index (χ3v) is 5.95. The molecule has 2 aromatic rings. The van der Waals surface area contributed by atoms with Crippen molar-refractivity contribution in [3.8, 4) is 11.5 Å². The van der Waals surface area contributed by atoms with Crippen LogP contribution in [0.1, 0.15) is 12.5 Å².